The summed E-state index contributed by atoms with van der Waals surface area (Å²) in [6.07, 6.45) is 1.68. The fourth-order valence-electron chi connectivity index (χ4n) is 4.81. The van der Waals surface area contributed by atoms with Gasteiger partial charge in [0.15, 0.2) is 0 Å². The number of ether oxygens (including phenoxy) is 1. The Bertz CT molecular complexity index is 1450. The van der Waals surface area contributed by atoms with Gasteiger partial charge in [-0.1, -0.05) is 78.7 Å². The number of hydrogen-bond donors (Lipinski definition) is 0. The molecule has 1 aliphatic rings. The molecule has 1 aliphatic heterocycles. The van der Waals surface area contributed by atoms with E-state index in [1.807, 2.05) is 6.92 Å². The standard InChI is InChI=1S/C29H28ClNO5S/c1-4-29(22-12-9-13-23(30)18-22)25(27(32)36-5-2)19-26(21-10-7-6-8-11-21)31(28(29)33)37(34,35)24-16-14-20(3)15-17-24/h6-19,25H,4-5H2,1-3H3/t25-,29-/m1/s1. The summed E-state index contributed by atoms with van der Waals surface area (Å²) in [6, 6.07) is 21.6. The lowest BCUT2D eigenvalue weighted by Crippen LogP contribution is -2.57. The highest BCUT2D eigenvalue weighted by molar-refractivity contribution is 7.90. The molecule has 4 rings (SSSR count). The van der Waals surface area contributed by atoms with E-state index in [1.165, 1.54) is 12.1 Å². The largest absolute Gasteiger partial charge is 0.466 e. The lowest BCUT2D eigenvalue weighted by atomic mass is 9.65. The summed E-state index contributed by atoms with van der Waals surface area (Å²) in [5.41, 5.74) is 0.352. The van der Waals surface area contributed by atoms with E-state index >= 15 is 0 Å². The van der Waals surface area contributed by atoms with E-state index in [1.54, 1.807) is 86.7 Å². The molecule has 0 aliphatic carbocycles. The first-order chi connectivity index (χ1) is 17.7. The van der Waals surface area contributed by atoms with Gasteiger partial charge in [0.1, 0.15) is 0 Å². The normalized spacial score (nSPS) is 19.9. The Morgan fingerprint density at radius 2 is 1.68 bits per heavy atom. The van der Waals surface area contributed by atoms with E-state index in [0.717, 1.165) is 9.87 Å². The smallest absolute Gasteiger partial charge is 0.314 e. The lowest BCUT2D eigenvalue weighted by Gasteiger charge is -2.44. The molecule has 8 heteroatoms. The highest BCUT2D eigenvalue weighted by atomic mass is 35.5. The molecule has 0 fully saturated rings. The summed E-state index contributed by atoms with van der Waals surface area (Å²) >= 11 is 6.31. The Morgan fingerprint density at radius 1 is 1.00 bits per heavy atom. The van der Waals surface area contributed by atoms with Crippen molar-refractivity contribution < 1.29 is 22.7 Å². The number of hydrogen-bond acceptors (Lipinski definition) is 5. The maximum atomic E-state index is 14.6. The predicted octanol–water partition coefficient (Wildman–Crippen LogP) is 5.75. The van der Waals surface area contributed by atoms with E-state index in [4.69, 9.17) is 16.3 Å². The summed E-state index contributed by atoms with van der Waals surface area (Å²) in [5.74, 6) is -2.43. The number of sulfonamides is 1. The first-order valence-corrected chi connectivity index (χ1v) is 13.8. The molecule has 0 N–H and O–H groups in total. The number of nitrogens with zero attached hydrogens (tertiary/aromatic N) is 1. The molecule has 0 bridgehead atoms. The quantitative estimate of drug-likeness (QED) is 0.359. The maximum Gasteiger partial charge on any atom is 0.314 e. The van der Waals surface area contributed by atoms with Gasteiger partial charge in [-0.2, -0.15) is 0 Å². The number of halogens is 1. The van der Waals surface area contributed by atoms with E-state index in [2.05, 4.69) is 0 Å². The van der Waals surface area contributed by atoms with Crippen LogP contribution in [0.3, 0.4) is 0 Å². The second-order valence-electron chi connectivity index (χ2n) is 8.87. The van der Waals surface area contributed by atoms with Crippen LogP contribution in [0.2, 0.25) is 5.02 Å². The van der Waals surface area contributed by atoms with Gasteiger partial charge in [-0.05, 0) is 61.7 Å². The van der Waals surface area contributed by atoms with E-state index in [9.17, 15) is 18.0 Å². The second-order valence-corrected chi connectivity index (χ2v) is 11.1. The summed E-state index contributed by atoms with van der Waals surface area (Å²) in [4.78, 5) is 28.0. The van der Waals surface area contributed by atoms with Gasteiger partial charge in [0, 0.05) is 5.02 Å². The molecule has 0 saturated heterocycles. The van der Waals surface area contributed by atoms with Crippen molar-refractivity contribution in [1.82, 2.24) is 4.31 Å². The molecule has 0 radical (unpaired) electrons. The van der Waals surface area contributed by atoms with Gasteiger partial charge in [-0.15, -0.1) is 0 Å². The van der Waals surface area contributed by atoms with Gasteiger partial charge in [-0.25, -0.2) is 12.7 Å². The van der Waals surface area contributed by atoms with Gasteiger partial charge < -0.3 is 4.74 Å². The zero-order valence-corrected chi connectivity index (χ0v) is 22.4. The Morgan fingerprint density at radius 3 is 2.27 bits per heavy atom. The minimum Gasteiger partial charge on any atom is -0.466 e. The van der Waals surface area contributed by atoms with Crippen molar-refractivity contribution in [3.63, 3.8) is 0 Å². The molecule has 3 aromatic carbocycles. The van der Waals surface area contributed by atoms with E-state index in [0.29, 0.717) is 16.1 Å². The zero-order chi connectivity index (χ0) is 26.8. The van der Waals surface area contributed by atoms with Crippen LogP contribution in [0, 0.1) is 12.8 Å². The van der Waals surface area contributed by atoms with Crippen molar-refractivity contribution in [2.24, 2.45) is 5.92 Å². The topological polar surface area (TPSA) is 80.8 Å². The third-order valence-electron chi connectivity index (χ3n) is 6.71. The first-order valence-electron chi connectivity index (χ1n) is 12.0. The maximum absolute atomic E-state index is 14.6. The molecule has 37 heavy (non-hydrogen) atoms. The highest BCUT2D eigenvalue weighted by Crippen LogP contribution is 2.48. The monoisotopic (exact) mass is 537 g/mol. The van der Waals surface area contributed by atoms with Crippen LogP contribution in [0.4, 0.5) is 0 Å². The Kier molecular flexibility index (Phi) is 7.57. The van der Waals surface area contributed by atoms with E-state index < -0.39 is 33.2 Å². The van der Waals surface area contributed by atoms with Crippen LogP contribution in [-0.2, 0) is 29.8 Å². The van der Waals surface area contributed by atoms with Crippen LogP contribution in [0.1, 0.15) is 37.0 Å². The van der Waals surface area contributed by atoms with Gasteiger partial charge >= 0.3 is 5.97 Å². The highest BCUT2D eigenvalue weighted by Gasteiger charge is 2.57. The average Bonchev–Trinajstić information content (AvgIpc) is 2.89. The molecule has 192 valence electrons. The summed E-state index contributed by atoms with van der Waals surface area (Å²) in [5, 5.41) is 0.367. The SMILES string of the molecule is CCOC(=O)[C@H]1C=C(c2ccccc2)N(S(=O)(=O)c2ccc(C)cc2)C(=O)[C@]1(CC)c1cccc(Cl)c1. The number of carbonyl (C=O) groups excluding carboxylic acids is 2. The van der Waals surface area contributed by atoms with Gasteiger partial charge in [0.2, 0.25) is 0 Å². The molecule has 2 atom stereocenters. The van der Waals surface area contributed by atoms with Crippen molar-refractivity contribution in [3.8, 4) is 0 Å². The summed E-state index contributed by atoms with van der Waals surface area (Å²) in [6.45, 7) is 5.40. The first kappa shape index (κ1) is 26.6. The fraction of sp³-hybridized carbons (Fsp3) is 0.241. The molecular formula is C29H28ClNO5S. The van der Waals surface area contributed by atoms with E-state index in [-0.39, 0.29) is 23.6 Å². The fourth-order valence-corrected chi connectivity index (χ4v) is 6.50. The minimum absolute atomic E-state index is 0.0287. The minimum atomic E-state index is -4.36. The van der Waals surface area contributed by atoms with Gasteiger partial charge in [-0.3, -0.25) is 9.59 Å². The van der Waals surface area contributed by atoms with Crippen molar-refractivity contribution >= 4 is 39.2 Å². The molecule has 0 aromatic heterocycles. The molecule has 0 unspecified atom stereocenters. The number of aryl methyl sites for hydroxylation is 1. The molecule has 1 heterocycles. The number of amides is 1. The molecule has 6 nitrogen and oxygen atoms in total. The number of rotatable bonds is 7. The number of benzene rings is 3. The molecule has 0 spiro atoms. The summed E-state index contributed by atoms with van der Waals surface area (Å²) in [7, 11) is -4.36. The summed E-state index contributed by atoms with van der Waals surface area (Å²) < 4.78 is 34.5. The van der Waals surface area contributed by atoms with Crippen molar-refractivity contribution in [3.05, 3.63) is 107 Å². The van der Waals surface area contributed by atoms with Crippen LogP contribution in [0.25, 0.3) is 5.70 Å². The number of esters is 1. The van der Waals surface area contributed by atoms with Crippen LogP contribution in [-0.4, -0.2) is 31.2 Å². The molecule has 1 amide bonds. The second kappa shape index (κ2) is 10.5. The zero-order valence-electron chi connectivity index (χ0n) is 20.8. The molecule has 3 aromatic rings. The lowest BCUT2D eigenvalue weighted by molar-refractivity contribution is -0.153. The third-order valence-corrected chi connectivity index (χ3v) is 8.65. The average molecular weight is 538 g/mol. The van der Waals surface area contributed by atoms with Crippen LogP contribution >= 0.6 is 11.6 Å². The Hall–Kier alpha value is -3.42. The predicted molar refractivity (Wildman–Crippen MR) is 143 cm³/mol. The van der Waals surface area contributed by atoms with Crippen molar-refractivity contribution in [2.45, 2.75) is 37.5 Å². The molecule has 0 saturated carbocycles. The van der Waals surface area contributed by atoms with Crippen LogP contribution in [0.15, 0.2) is 89.8 Å². The molecular weight excluding hydrogens is 510 g/mol. The Balaban J connectivity index is 2.06. The van der Waals surface area contributed by atoms with Crippen molar-refractivity contribution in [1.29, 1.82) is 0 Å². The third kappa shape index (κ3) is 4.69. The van der Waals surface area contributed by atoms with Gasteiger partial charge in [0.05, 0.1) is 28.5 Å². The van der Waals surface area contributed by atoms with Crippen LogP contribution < -0.4 is 0 Å². The van der Waals surface area contributed by atoms with Crippen LogP contribution in [0.5, 0.6) is 0 Å². The van der Waals surface area contributed by atoms with Gasteiger partial charge in [0.25, 0.3) is 15.9 Å². The number of carbonyl (C=O) groups is 2. The Labute approximate surface area is 222 Å². The van der Waals surface area contributed by atoms with Crippen molar-refractivity contribution in [2.75, 3.05) is 6.61 Å².